The van der Waals surface area contributed by atoms with Crippen molar-refractivity contribution in [1.29, 1.82) is 0 Å². The lowest BCUT2D eigenvalue weighted by Gasteiger charge is -2.47. The average Bonchev–Trinajstić information content (AvgIpc) is 3.95. The van der Waals surface area contributed by atoms with Gasteiger partial charge >= 0.3 is 0 Å². The summed E-state index contributed by atoms with van der Waals surface area (Å²) in [5.41, 5.74) is 9.10. The zero-order valence-electron chi connectivity index (χ0n) is 43.1. The standard InChI is InChI=1S/C65H67N2O6/c1-63(2)40-57-51(47-22-14-16-26-55(47)66-57)38-53(63)49(24-12-8-18-36-68)60-61(69)52(62(60)70)39-54-48(59-50-25-15-17-27-56(50)67-58(59)41-64(54,3)4)23-13-9-19-37-73-65(42-20-10-7-11-21-42,43-28-32-45(71-5)33-29-43)44-30-34-46(72-6)35-31-44/h7,10-11,14-17,20-22,25-35,38-41,60-61,66,68H,8-9,12-13,18-19,23-24,36-37H2,1-6H3/q-1/p+1. The van der Waals surface area contributed by atoms with Gasteiger partial charge in [-0.25, -0.2) is 4.99 Å². The van der Waals surface area contributed by atoms with E-state index in [4.69, 9.17) is 14.2 Å². The van der Waals surface area contributed by atoms with Gasteiger partial charge in [0.15, 0.2) is 5.78 Å². The van der Waals surface area contributed by atoms with Gasteiger partial charge in [-0.3, -0.25) is 4.79 Å². The molecule has 1 aromatic heterocycles. The third-order valence-electron chi connectivity index (χ3n) is 15.7. The number of fused-ring (bicyclic) bond motifs is 5. The van der Waals surface area contributed by atoms with E-state index in [1.165, 1.54) is 5.57 Å². The predicted octanol–water partition coefficient (Wildman–Crippen LogP) is 7.84. The van der Waals surface area contributed by atoms with Crippen LogP contribution in [-0.4, -0.2) is 49.4 Å². The number of hydrogen-bond donors (Lipinski definition) is 3. The van der Waals surface area contributed by atoms with E-state index >= 15 is 0 Å². The number of rotatable bonds is 19. The lowest BCUT2D eigenvalue weighted by atomic mass is 9.63. The molecule has 8 nitrogen and oxygen atoms in total. The van der Waals surface area contributed by atoms with Gasteiger partial charge in [-0.15, -0.1) is 0 Å². The number of carbonyl (C=O) groups is 1. The number of methoxy groups -OCH3 is 2. The minimum absolute atomic E-state index is 0.0706. The first-order chi connectivity index (χ1) is 35.4. The Morgan fingerprint density at radius 1 is 0.740 bits per heavy atom. The van der Waals surface area contributed by atoms with Crippen molar-refractivity contribution in [2.75, 3.05) is 27.4 Å². The molecule has 0 radical (unpaired) electrons. The van der Waals surface area contributed by atoms with Crippen molar-refractivity contribution in [3.05, 3.63) is 211 Å². The highest BCUT2D eigenvalue weighted by molar-refractivity contribution is 6.08. The summed E-state index contributed by atoms with van der Waals surface area (Å²) < 4.78 is 18.4. The first kappa shape index (κ1) is 49.7. The molecule has 3 N–H and O–H groups in total. The fourth-order valence-electron chi connectivity index (χ4n) is 12.0. The minimum Gasteiger partial charge on any atom is -0.848 e. The number of unbranched alkanes of at least 4 members (excludes halogenated alkanes) is 4. The summed E-state index contributed by atoms with van der Waals surface area (Å²) in [6.07, 6.45) is 13.8. The molecule has 2 heterocycles. The predicted molar refractivity (Wildman–Crippen MR) is 288 cm³/mol. The Balaban J connectivity index is 0.969. The number of hydrogen-bond acceptors (Lipinski definition) is 6. The minimum atomic E-state index is -1.20. The van der Waals surface area contributed by atoms with Crippen molar-refractivity contribution in [3.63, 3.8) is 0 Å². The maximum atomic E-state index is 15.0. The summed E-state index contributed by atoms with van der Waals surface area (Å²) in [5, 5.41) is 30.1. The van der Waals surface area contributed by atoms with Crippen molar-refractivity contribution < 1.29 is 34.2 Å². The van der Waals surface area contributed by atoms with E-state index < -0.39 is 28.5 Å². The van der Waals surface area contributed by atoms with E-state index in [2.05, 4.69) is 147 Å². The van der Waals surface area contributed by atoms with Gasteiger partial charge in [0, 0.05) is 57.5 Å². The van der Waals surface area contributed by atoms with Crippen molar-refractivity contribution in [2.45, 2.75) is 90.8 Å². The summed E-state index contributed by atoms with van der Waals surface area (Å²) >= 11 is 0. The molecule has 8 heteroatoms. The second-order valence-electron chi connectivity index (χ2n) is 21.2. The third-order valence-corrected chi connectivity index (χ3v) is 15.7. The van der Waals surface area contributed by atoms with Gasteiger partial charge in [0.1, 0.15) is 17.1 Å². The topological polar surface area (TPSA) is 118 Å². The molecule has 73 heavy (non-hydrogen) atoms. The number of H-pyrrole nitrogens is 1. The Morgan fingerprint density at radius 2 is 1.38 bits per heavy atom. The van der Waals surface area contributed by atoms with Gasteiger partial charge in [0.25, 0.3) is 0 Å². The number of aliphatic hydroxyl groups excluding tert-OH is 1. The Hall–Kier alpha value is -6.84. The average molecular weight is 973 g/mol. The number of aromatic amines is 1. The van der Waals surface area contributed by atoms with Crippen LogP contribution in [0.1, 0.15) is 95.8 Å². The van der Waals surface area contributed by atoms with Crippen LogP contribution in [-0.2, 0) is 15.1 Å². The molecule has 1 aliphatic heterocycles. The number of ketones is 1. The van der Waals surface area contributed by atoms with E-state index in [1.54, 1.807) is 14.2 Å². The number of aromatic nitrogens is 1. The number of Topliss-reactive ketones (excluding diaryl/α,β-unsaturated/α-hetero) is 1. The Labute approximate surface area is 429 Å². The van der Waals surface area contributed by atoms with E-state index in [1.807, 2.05) is 42.5 Å². The van der Waals surface area contributed by atoms with Gasteiger partial charge in [-0.05, 0) is 126 Å². The summed E-state index contributed by atoms with van der Waals surface area (Å²) in [6, 6.07) is 43.4. The van der Waals surface area contributed by atoms with Gasteiger partial charge in [-0.1, -0.05) is 149 Å². The Bertz CT molecular complexity index is 3400. The van der Waals surface area contributed by atoms with E-state index in [9.17, 15) is 15.0 Å². The number of allylic oxidation sites excluding steroid dienone is 5. The van der Waals surface area contributed by atoms with Crippen LogP contribution in [0, 0.1) is 16.7 Å². The van der Waals surface area contributed by atoms with Gasteiger partial charge in [0.05, 0.1) is 25.0 Å². The van der Waals surface area contributed by atoms with E-state index in [0.717, 1.165) is 127 Å². The SMILES string of the molecule is COc1ccc(C(OCCCCCC2=C(C=C3C(=O)C(C(CCCCCO)=C4C=c5c([nH]c6ccccc56)=CC4(C)C)C3[O-])C(C)(C)C=C3[NH+]=c4ccccc4=C32)(c2ccccc2)c2ccc(OC)cc2)cc1. The highest BCUT2D eigenvalue weighted by Gasteiger charge is 2.45. The number of benzene rings is 5. The molecular formula is C65H68N2O6. The smallest absolute Gasteiger partial charge is 0.212 e. The molecule has 0 saturated heterocycles. The molecule has 374 valence electrons. The quantitative estimate of drug-likeness (QED) is 0.0433. The zero-order chi connectivity index (χ0) is 50.9. The molecule has 2 unspecified atom stereocenters. The first-order valence-electron chi connectivity index (χ1n) is 26.1. The van der Waals surface area contributed by atoms with Crippen molar-refractivity contribution in [2.24, 2.45) is 16.7 Å². The number of ether oxygens (including phenoxy) is 3. The summed E-state index contributed by atoms with van der Waals surface area (Å²) in [6.45, 7) is 9.39. The summed E-state index contributed by atoms with van der Waals surface area (Å²) in [5.74, 6) is 0.724. The Kier molecular flexibility index (Phi) is 14.0. The van der Waals surface area contributed by atoms with Gasteiger partial charge < -0.3 is 29.4 Å². The van der Waals surface area contributed by atoms with Crippen LogP contribution in [0.2, 0.25) is 0 Å². The Morgan fingerprint density at radius 3 is 2.07 bits per heavy atom. The first-order valence-corrected chi connectivity index (χ1v) is 26.1. The largest absolute Gasteiger partial charge is 0.848 e. The molecule has 0 amide bonds. The molecule has 1 fully saturated rings. The second-order valence-corrected chi connectivity index (χ2v) is 21.2. The van der Waals surface area contributed by atoms with Gasteiger partial charge in [0.2, 0.25) is 11.1 Å². The van der Waals surface area contributed by atoms with E-state index in [0.29, 0.717) is 25.0 Å². The normalized spacial score (nSPS) is 19.8. The maximum absolute atomic E-state index is 15.0. The zero-order valence-corrected chi connectivity index (χ0v) is 43.1. The number of para-hydroxylation sites is 2. The van der Waals surface area contributed by atoms with Crippen LogP contribution in [0.5, 0.6) is 11.5 Å². The molecule has 0 spiro atoms. The highest BCUT2D eigenvalue weighted by atomic mass is 16.5. The summed E-state index contributed by atoms with van der Waals surface area (Å²) in [4.78, 5) is 22.2. The van der Waals surface area contributed by atoms with Crippen molar-refractivity contribution >= 4 is 34.4 Å². The molecule has 4 aliphatic rings. The fraction of sp³-hybridized carbons (Fsp3) is 0.323. The van der Waals surface area contributed by atoms with Crippen LogP contribution in [0.25, 0.3) is 28.6 Å². The lowest BCUT2D eigenvalue weighted by Crippen LogP contribution is -2.74. The molecular weight excluding hydrogens is 905 g/mol. The van der Waals surface area contributed by atoms with Crippen molar-refractivity contribution in [1.82, 2.24) is 4.98 Å². The third kappa shape index (κ3) is 9.30. The van der Waals surface area contributed by atoms with Crippen LogP contribution in [0.15, 0.2) is 173 Å². The number of aliphatic hydroxyl groups is 1. The van der Waals surface area contributed by atoms with Crippen LogP contribution in [0.4, 0.5) is 0 Å². The van der Waals surface area contributed by atoms with Crippen LogP contribution >= 0.6 is 0 Å². The van der Waals surface area contributed by atoms with E-state index in [-0.39, 0.29) is 12.4 Å². The summed E-state index contributed by atoms with van der Waals surface area (Å²) in [7, 11) is 3.36. The molecule has 5 aromatic carbocycles. The molecule has 6 aromatic rings. The fourth-order valence-corrected chi connectivity index (χ4v) is 12.0. The van der Waals surface area contributed by atoms with Gasteiger partial charge in [-0.2, -0.15) is 0 Å². The van der Waals surface area contributed by atoms with Crippen molar-refractivity contribution in [3.8, 4) is 11.5 Å². The van der Waals surface area contributed by atoms with Crippen LogP contribution in [0.3, 0.4) is 0 Å². The molecule has 2 atom stereocenters. The number of carbonyl (C=O) groups excluding carboxylic acids is 1. The molecule has 1 saturated carbocycles. The number of nitrogens with one attached hydrogen (secondary N) is 2. The maximum Gasteiger partial charge on any atom is 0.212 e. The second kappa shape index (κ2) is 20.6. The monoisotopic (exact) mass is 973 g/mol. The molecule has 3 aliphatic carbocycles. The molecule has 0 bridgehead atoms. The van der Waals surface area contributed by atoms with Crippen LogP contribution < -0.4 is 40.7 Å². The lowest BCUT2D eigenvalue weighted by molar-refractivity contribution is -0.433. The molecule has 10 rings (SSSR count). The highest BCUT2D eigenvalue weighted by Crippen LogP contribution is 2.48.